The molecule has 3 N–H and O–H groups in total. The average molecular weight is 219 g/mol. The van der Waals surface area contributed by atoms with E-state index in [-0.39, 0.29) is 11.3 Å². The van der Waals surface area contributed by atoms with Gasteiger partial charge in [0.1, 0.15) is 5.69 Å². The Kier molecular flexibility index (Phi) is 2.81. The number of nitrogens with two attached hydrogens (primary N) is 1. The van der Waals surface area contributed by atoms with Crippen LogP contribution in [0.4, 0.5) is 5.69 Å². The van der Waals surface area contributed by atoms with E-state index in [2.05, 4.69) is 17.2 Å². The van der Waals surface area contributed by atoms with Gasteiger partial charge in [0, 0.05) is 18.4 Å². The van der Waals surface area contributed by atoms with Gasteiger partial charge in [-0.2, -0.15) is 0 Å². The minimum Gasteiger partial charge on any atom is -0.399 e. The summed E-state index contributed by atoms with van der Waals surface area (Å²) >= 11 is 0. The third kappa shape index (κ3) is 2.32. The Labute approximate surface area is 95.3 Å². The number of aromatic nitrogens is 1. The zero-order chi connectivity index (χ0) is 11.6. The molecule has 0 spiro atoms. The van der Waals surface area contributed by atoms with E-state index in [4.69, 9.17) is 5.73 Å². The molecule has 1 fully saturated rings. The van der Waals surface area contributed by atoms with Gasteiger partial charge in [-0.15, -0.1) is 0 Å². The van der Waals surface area contributed by atoms with Gasteiger partial charge in [0.2, 0.25) is 0 Å². The predicted octanol–water partition coefficient (Wildman–Crippen LogP) is 1.58. The first-order valence-corrected chi connectivity index (χ1v) is 5.59. The monoisotopic (exact) mass is 219 g/mol. The van der Waals surface area contributed by atoms with Crippen molar-refractivity contribution in [2.45, 2.75) is 26.2 Å². The zero-order valence-corrected chi connectivity index (χ0v) is 9.49. The molecule has 0 radical (unpaired) electrons. The number of carbonyl (C=O) groups is 1. The van der Waals surface area contributed by atoms with Crippen molar-refractivity contribution < 1.29 is 4.79 Å². The quantitative estimate of drug-likeness (QED) is 0.811. The van der Waals surface area contributed by atoms with Crippen molar-refractivity contribution in [3.63, 3.8) is 0 Å². The van der Waals surface area contributed by atoms with Crippen LogP contribution < -0.4 is 11.1 Å². The van der Waals surface area contributed by atoms with E-state index in [9.17, 15) is 4.79 Å². The van der Waals surface area contributed by atoms with Gasteiger partial charge in [-0.3, -0.25) is 9.78 Å². The topological polar surface area (TPSA) is 68.0 Å². The van der Waals surface area contributed by atoms with Gasteiger partial charge in [-0.1, -0.05) is 13.3 Å². The van der Waals surface area contributed by atoms with Gasteiger partial charge in [0.25, 0.3) is 5.91 Å². The third-order valence-electron chi connectivity index (χ3n) is 3.25. The first-order valence-electron chi connectivity index (χ1n) is 5.59. The fourth-order valence-electron chi connectivity index (χ4n) is 1.91. The summed E-state index contributed by atoms with van der Waals surface area (Å²) in [5, 5.41) is 2.91. The molecule has 2 rings (SSSR count). The second kappa shape index (κ2) is 4.12. The van der Waals surface area contributed by atoms with E-state index < -0.39 is 0 Å². The summed E-state index contributed by atoms with van der Waals surface area (Å²) in [7, 11) is 0. The highest BCUT2D eigenvalue weighted by atomic mass is 16.1. The molecule has 0 saturated heterocycles. The van der Waals surface area contributed by atoms with Crippen LogP contribution in [0.15, 0.2) is 18.3 Å². The molecule has 4 nitrogen and oxygen atoms in total. The molecule has 1 aliphatic carbocycles. The predicted molar refractivity (Wildman–Crippen MR) is 62.9 cm³/mol. The van der Waals surface area contributed by atoms with Crippen LogP contribution in [-0.4, -0.2) is 17.4 Å². The lowest BCUT2D eigenvalue weighted by Gasteiger charge is -2.38. The lowest BCUT2D eigenvalue weighted by Crippen LogP contribution is -2.40. The van der Waals surface area contributed by atoms with Gasteiger partial charge >= 0.3 is 0 Å². The Morgan fingerprint density at radius 2 is 2.38 bits per heavy atom. The minimum absolute atomic E-state index is 0.138. The number of nitrogens with zero attached hydrogens (tertiary/aromatic N) is 1. The maximum atomic E-state index is 11.8. The number of pyridine rings is 1. The summed E-state index contributed by atoms with van der Waals surface area (Å²) in [4.78, 5) is 15.7. The summed E-state index contributed by atoms with van der Waals surface area (Å²) in [6, 6.07) is 3.27. The molecule has 1 aliphatic rings. The summed E-state index contributed by atoms with van der Waals surface area (Å²) in [6.07, 6.45) is 5.20. The molecule has 1 aromatic rings. The van der Waals surface area contributed by atoms with Crippen LogP contribution >= 0.6 is 0 Å². The van der Waals surface area contributed by atoms with Crippen molar-refractivity contribution in [1.82, 2.24) is 10.3 Å². The summed E-state index contributed by atoms with van der Waals surface area (Å²) in [5.74, 6) is -0.138. The van der Waals surface area contributed by atoms with Crippen LogP contribution in [-0.2, 0) is 0 Å². The molecule has 1 saturated carbocycles. The summed E-state index contributed by atoms with van der Waals surface area (Å²) in [5.41, 5.74) is 6.84. The second-order valence-corrected chi connectivity index (χ2v) is 4.82. The van der Waals surface area contributed by atoms with E-state index in [1.807, 2.05) is 0 Å². The molecule has 1 aromatic heterocycles. The molecule has 0 atom stereocenters. The number of amides is 1. The molecule has 0 bridgehead atoms. The number of nitrogens with one attached hydrogen (secondary N) is 1. The van der Waals surface area contributed by atoms with Crippen LogP contribution in [0.1, 0.15) is 36.7 Å². The first kappa shape index (κ1) is 10.9. The number of anilines is 1. The maximum absolute atomic E-state index is 11.8. The zero-order valence-electron chi connectivity index (χ0n) is 9.49. The Bertz CT molecular complexity index is 399. The molecule has 4 heteroatoms. The number of hydrogen-bond donors (Lipinski definition) is 2. The molecule has 86 valence electrons. The maximum Gasteiger partial charge on any atom is 0.269 e. The van der Waals surface area contributed by atoms with Crippen molar-refractivity contribution in [3.05, 3.63) is 24.0 Å². The van der Waals surface area contributed by atoms with E-state index >= 15 is 0 Å². The minimum atomic E-state index is -0.138. The average Bonchev–Trinajstić information content (AvgIpc) is 2.23. The summed E-state index contributed by atoms with van der Waals surface area (Å²) in [6.45, 7) is 2.92. The number of rotatable bonds is 3. The van der Waals surface area contributed by atoms with Crippen LogP contribution in [0.25, 0.3) is 0 Å². The van der Waals surface area contributed by atoms with Gasteiger partial charge in [0.05, 0.1) is 0 Å². The van der Waals surface area contributed by atoms with Crippen LogP contribution in [0, 0.1) is 5.41 Å². The van der Waals surface area contributed by atoms with Crippen molar-refractivity contribution in [1.29, 1.82) is 0 Å². The van der Waals surface area contributed by atoms with Crippen LogP contribution in [0.5, 0.6) is 0 Å². The first-order chi connectivity index (χ1) is 7.59. The van der Waals surface area contributed by atoms with Crippen molar-refractivity contribution in [3.8, 4) is 0 Å². The molecular formula is C12H17N3O. The highest BCUT2D eigenvalue weighted by molar-refractivity contribution is 5.92. The Balaban J connectivity index is 1.93. The number of carbonyl (C=O) groups excluding carboxylic acids is 1. The normalized spacial score (nSPS) is 17.6. The largest absolute Gasteiger partial charge is 0.399 e. The molecular weight excluding hydrogens is 202 g/mol. The molecule has 16 heavy (non-hydrogen) atoms. The highest BCUT2D eigenvalue weighted by Crippen LogP contribution is 2.39. The van der Waals surface area contributed by atoms with Crippen molar-refractivity contribution in [2.24, 2.45) is 5.41 Å². The fraction of sp³-hybridized carbons (Fsp3) is 0.500. The van der Waals surface area contributed by atoms with Crippen LogP contribution in [0.3, 0.4) is 0 Å². The molecule has 1 heterocycles. The third-order valence-corrected chi connectivity index (χ3v) is 3.25. The fourth-order valence-corrected chi connectivity index (χ4v) is 1.91. The van der Waals surface area contributed by atoms with Crippen molar-refractivity contribution >= 4 is 11.6 Å². The SMILES string of the molecule is CC1(CNC(=O)c2cc(N)ccn2)CCC1. The lowest BCUT2D eigenvalue weighted by molar-refractivity contribution is 0.0886. The smallest absolute Gasteiger partial charge is 0.269 e. The lowest BCUT2D eigenvalue weighted by atomic mass is 9.70. The molecule has 1 amide bonds. The Morgan fingerprint density at radius 1 is 1.62 bits per heavy atom. The van der Waals surface area contributed by atoms with Gasteiger partial charge < -0.3 is 11.1 Å². The Hall–Kier alpha value is -1.58. The number of hydrogen-bond acceptors (Lipinski definition) is 3. The van der Waals surface area contributed by atoms with Crippen molar-refractivity contribution in [2.75, 3.05) is 12.3 Å². The molecule has 0 aromatic carbocycles. The Morgan fingerprint density at radius 3 is 2.94 bits per heavy atom. The van der Waals surface area contributed by atoms with Gasteiger partial charge in [0.15, 0.2) is 0 Å². The van der Waals surface area contributed by atoms with E-state index in [0.29, 0.717) is 11.4 Å². The number of nitrogen functional groups attached to an aromatic ring is 1. The van der Waals surface area contributed by atoms with E-state index in [1.54, 1.807) is 18.3 Å². The standard InChI is InChI=1S/C12H17N3O/c1-12(4-2-5-12)8-15-11(16)10-7-9(13)3-6-14-10/h3,6-7H,2,4-5,8H2,1H3,(H2,13,14)(H,15,16). The van der Waals surface area contributed by atoms with Gasteiger partial charge in [-0.05, 0) is 30.4 Å². The summed E-state index contributed by atoms with van der Waals surface area (Å²) < 4.78 is 0. The second-order valence-electron chi connectivity index (χ2n) is 4.82. The van der Waals surface area contributed by atoms with E-state index in [0.717, 1.165) is 6.54 Å². The van der Waals surface area contributed by atoms with E-state index in [1.165, 1.54) is 19.3 Å². The van der Waals surface area contributed by atoms with Gasteiger partial charge in [-0.25, -0.2) is 0 Å². The highest BCUT2D eigenvalue weighted by Gasteiger charge is 2.31. The molecule has 0 aliphatic heterocycles. The molecule has 0 unspecified atom stereocenters. The van der Waals surface area contributed by atoms with Crippen LogP contribution in [0.2, 0.25) is 0 Å².